The number of ether oxygens (including phenoxy) is 1. The van der Waals surface area contributed by atoms with E-state index in [1.807, 2.05) is 58.9 Å². The van der Waals surface area contributed by atoms with Crippen LogP contribution in [0.5, 0.6) is 5.75 Å². The summed E-state index contributed by atoms with van der Waals surface area (Å²) in [6.45, 7) is 9.39. The summed E-state index contributed by atoms with van der Waals surface area (Å²) in [6, 6.07) is 17.4. The summed E-state index contributed by atoms with van der Waals surface area (Å²) < 4.78 is 48.0. The molecule has 226 valence electrons. The van der Waals surface area contributed by atoms with Gasteiger partial charge in [-0.05, 0) is 93.3 Å². The second-order valence-electron chi connectivity index (χ2n) is 10.1. The van der Waals surface area contributed by atoms with Gasteiger partial charge < -0.3 is 15.0 Å². The first kappa shape index (κ1) is 32.6. The van der Waals surface area contributed by atoms with Crippen LogP contribution in [-0.4, -0.2) is 50.4 Å². The van der Waals surface area contributed by atoms with E-state index in [0.717, 1.165) is 46.1 Å². The third-order valence-corrected chi connectivity index (χ3v) is 8.89. The number of halogens is 1. The van der Waals surface area contributed by atoms with Crippen molar-refractivity contribution in [2.24, 2.45) is 0 Å². The van der Waals surface area contributed by atoms with Gasteiger partial charge in [0.05, 0.1) is 17.2 Å². The minimum atomic E-state index is -4.30. The number of carbonyl (C=O) groups is 2. The number of nitrogens with one attached hydrogen (secondary N) is 1. The second kappa shape index (κ2) is 14.8. The summed E-state index contributed by atoms with van der Waals surface area (Å²) in [5.74, 6) is -0.896. The van der Waals surface area contributed by atoms with Crippen LogP contribution in [0, 0.1) is 12.7 Å². The van der Waals surface area contributed by atoms with Gasteiger partial charge in [0.25, 0.3) is 10.0 Å². The Labute approximate surface area is 248 Å². The fraction of sp³-hybridized carbons (Fsp3) is 0.375. The Morgan fingerprint density at radius 2 is 1.57 bits per heavy atom. The van der Waals surface area contributed by atoms with E-state index in [4.69, 9.17) is 4.74 Å². The lowest BCUT2D eigenvalue weighted by atomic mass is 10.1. The standard InChI is InChI=1S/C32H40FN3O5S/c1-6-24(5)34-32(38)30(7-2)35(21-25-12-10-9-11-23(25)4)31(37)22-36(27-15-17-28(18-16-27)41-8-3)42(39,40)29-19-13-26(33)14-20-29/h9-20,24,30H,6-8,21-22H2,1-5H3,(H,34,38)/t24-,30-/m1/s1. The van der Waals surface area contributed by atoms with Crippen molar-refractivity contribution >= 4 is 27.5 Å². The molecule has 0 radical (unpaired) electrons. The van der Waals surface area contributed by atoms with E-state index >= 15 is 0 Å². The molecule has 0 bridgehead atoms. The summed E-state index contributed by atoms with van der Waals surface area (Å²) in [6.07, 6.45) is 1.04. The molecule has 3 aromatic rings. The Kier molecular flexibility index (Phi) is 11.5. The smallest absolute Gasteiger partial charge is 0.264 e. The van der Waals surface area contributed by atoms with Crippen molar-refractivity contribution in [2.75, 3.05) is 17.5 Å². The molecule has 0 aromatic heterocycles. The highest BCUT2D eigenvalue weighted by molar-refractivity contribution is 7.92. The number of nitrogens with zero attached hydrogens (tertiary/aromatic N) is 2. The van der Waals surface area contributed by atoms with Gasteiger partial charge in [-0.25, -0.2) is 12.8 Å². The summed E-state index contributed by atoms with van der Waals surface area (Å²) >= 11 is 0. The molecule has 0 spiro atoms. The van der Waals surface area contributed by atoms with Crippen LogP contribution in [0.2, 0.25) is 0 Å². The Hall–Kier alpha value is -3.92. The SMILES string of the molecule is CCOc1ccc(N(CC(=O)N(Cc2ccccc2C)[C@H](CC)C(=O)N[C@H](C)CC)S(=O)(=O)c2ccc(F)cc2)cc1. The number of hydrogen-bond acceptors (Lipinski definition) is 5. The van der Waals surface area contributed by atoms with E-state index in [0.29, 0.717) is 18.8 Å². The number of benzene rings is 3. The van der Waals surface area contributed by atoms with Crippen LogP contribution in [0.15, 0.2) is 77.7 Å². The van der Waals surface area contributed by atoms with Crippen LogP contribution in [0.25, 0.3) is 0 Å². The number of anilines is 1. The Balaban J connectivity index is 2.07. The zero-order valence-corrected chi connectivity index (χ0v) is 25.7. The summed E-state index contributed by atoms with van der Waals surface area (Å²) in [5, 5.41) is 2.97. The van der Waals surface area contributed by atoms with Crippen LogP contribution in [-0.2, 0) is 26.2 Å². The van der Waals surface area contributed by atoms with Crippen molar-refractivity contribution in [2.45, 2.75) is 71.0 Å². The molecule has 2 atom stereocenters. The molecule has 0 heterocycles. The minimum absolute atomic E-state index is 0.0961. The first-order valence-electron chi connectivity index (χ1n) is 14.2. The highest BCUT2D eigenvalue weighted by Gasteiger charge is 2.34. The number of carbonyl (C=O) groups excluding carboxylic acids is 2. The molecule has 3 rings (SSSR count). The number of rotatable bonds is 14. The average molecular weight is 598 g/mol. The fourth-order valence-electron chi connectivity index (χ4n) is 4.47. The lowest BCUT2D eigenvalue weighted by Crippen LogP contribution is -2.53. The number of sulfonamides is 1. The van der Waals surface area contributed by atoms with Crippen LogP contribution >= 0.6 is 0 Å². The molecule has 42 heavy (non-hydrogen) atoms. The topological polar surface area (TPSA) is 96.0 Å². The molecule has 10 heteroatoms. The largest absolute Gasteiger partial charge is 0.494 e. The second-order valence-corrected chi connectivity index (χ2v) is 11.9. The zero-order chi connectivity index (χ0) is 30.9. The first-order chi connectivity index (χ1) is 20.0. The molecule has 0 unspecified atom stereocenters. The average Bonchev–Trinajstić information content (AvgIpc) is 2.97. The summed E-state index contributed by atoms with van der Waals surface area (Å²) in [4.78, 5) is 28.8. The van der Waals surface area contributed by atoms with Gasteiger partial charge in [-0.1, -0.05) is 38.1 Å². The van der Waals surface area contributed by atoms with Crippen LogP contribution in [0.1, 0.15) is 51.7 Å². The molecule has 0 aliphatic heterocycles. The molecular weight excluding hydrogens is 557 g/mol. The zero-order valence-electron chi connectivity index (χ0n) is 24.8. The van der Waals surface area contributed by atoms with E-state index < -0.39 is 34.3 Å². The minimum Gasteiger partial charge on any atom is -0.494 e. The molecule has 0 aliphatic rings. The van der Waals surface area contributed by atoms with Crippen LogP contribution < -0.4 is 14.4 Å². The highest BCUT2D eigenvalue weighted by atomic mass is 32.2. The third-order valence-electron chi connectivity index (χ3n) is 7.11. The first-order valence-corrected chi connectivity index (χ1v) is 15.6. The molecular formula is C32H40FN3O5S. The maximum atomic E-state index is 14.2. The predicted molar refractivity (Wildman–Crippen MR) is 162 cm³/mol. The van der Waals surface area contributed by atoms with Crippen LogP contribution in [0.4, 0.5) is 10.1 Å². The lowest BCUT2D eigenvalue weighted by Gasteiger charge is -2.34. The van der Waals surface area contributed by atoms with Crippen molar-refractivity contribution in [1.82, 2.24) is 10.2 Å². The molecule has 1 N–H and O–H groups in total. The molecule has 0 saturated heterocycles. The van der Waals surface area contributed by atoms with Gasteiger partial charge in [0.2, 0.25) is 11.8 Å². The molecule has 0 saturated carbocycles. The number of amides is 2. The quantitative estimate of drug-likeness (QED) is 0.267. The summed E-state index contributed by atoms with van der Waals surface area (Å²) in [5.41, 5.74) is 2.01. The van der Waals surface area contributed by atoms with Crippen molar-refractivity contribution in [3.63, 3.8) is 0 Å². The molecule has 2 amide bonds. The Morgan fingerprint density at radius 1 is 0.929 bits per heavy atom. The normalized spacial score (nSPS) is 12.7. The molecule has 0 aliphatic carbocycles. The summed E-state index contributed by atoms with van der Waals surface area (Å²) in [7, 11) is -4.30. The van der Waals surface area contributed by atoms with Gasteiger partial charge in [0.15, 0.2) is 0 Å². The van der Waals surface area contributed by atoms with Crippen molar-refractivity contribution in [3.05, 3.63) is 89.7 Å². The maximum absolute atomic E-state index is 14.2. The highest BCUT2D eigenvalue weighted by Crippen LogP contribution is 2.27. The van der Waals surface area contributed by atoms with Gasteiger partial charge in [0.1, 0.15) is 24.2 Å². The molecule has 8 nitrogen and oxygen atoms in total. The maximum Gasteiger partial charge on any atom is 0.264 e. The molecule has 0 fully saturated rings. The Bertz CT molecular complexity index is 1450. The number of hydrogen-bond donors (Lipinski definition) is 1. The van der Waals surface area contributed by atoms with E-state index in [2.05, 4.69) is 5.32 Å². The van der Waals surface area contributed by atoms with E-state index in [1.165, 1.54) is 4.90 Å². The fourth-order valence-corrected chi connectivity index (χ4v) is 5.88. The van der Waals surface area contributed by atoms with Crippen molar-refractivity contribution < 1.29 is 27.1 Å². The van der Waals surface area contributed by atoms with Gasteiger partial charge in [-0.3, -0.25) is 13.9 Å². The van der Waals surface area contributed by atoms with E-state index in [-0.39, 0.29) is 29.1 Å². The monoisotopic (exact) mass is 597 g/mol. The molecule has 3 aromatic carbocycles. The van der Waals surface area contributed by atoms with Gasteiger partial charge in [-0.2, -0.15) is 0 Å². The lowest BCUT2D eigenvalue weighted by molar-refractivity contribution is -0.140. The van der Waals surface area contributed by atoms with E-state index in [9.17, 15) is 22.4 Å². The van der Waals surface area contributed by atoms with Crippen molar-refractivity contribution in [3.8, 4) is 5.75 Å². The van der Waals surface area contributed by atoms with Gasteiger partial charge in [0, 0.05) is 12.6 Å². The van der Waals surface area contributed by atoms with Crippen LogP contribution in [0.3, 0.4) is 0 Å². The van der Waals surface area contributed by atoms with Gasteiger partial charge >= 0.3 is 0 Å². The number of aryl methyl sites for hydroxylation is 1. The van der Waals surface area contributed by atoms with Gasteiger partial charge in [-0.15, -0.1) is 0 Å². The van der Waals surface area contributed by atoms with E-state index in [1.54, 1.807) is 24.3 Å². The van der Waals surface area contributed by atoms with Crippen molar-refractivity contribution in [1.29, 1.82) is 0 Å². The third kappa shape index (κ3) is 8.09. The predicted octanol–water partition coefficient (Wildman–Crippen LogP) is 5.45. The Morgan fingerprint density at radius 3 is 2.14 bits per heavy atom.